The van der Waals surface area contributed by atoms with Crippen LogP contribution in [0.25, 0.3) is 0 Å². The molecule has 1 heterocycles. The van der Waals surface area contributed by atoms with E-state index in [9.17, 15) is 4.79 Å². The smallest absolute Gasteiger partial charge is 0.250 e. The molecule has 2 N–H and O–H groups in total. The highest BCUT2D eigenvalue weighted by Gasteiger charge is 2.20. The van der Waals surface area contributed by atoms with E-state index in [0.717, 1.165) is 16.6 Å². The maximum atomic E-state index is 11.8. The Labute approximate surface area is 121 Å². The van der Waals surface area contributed by atoms with Gasteiger partial charge in [0.25, 0.3) is 5.91 Å². The molecular formula is C12H16BrClN2O2. The predicted octanol–water partition coefficient (Wildman–Crippen LogP) is 1.48. The van der Waals surface area contributed by atoms with Crippen molar-refractivity contribution in [1.82, 2.24) is 10.6 Å². The number of rotatable bonds is 3. The lowest BCUT2D eigenvalue weighted by Crippen LogP contribution is -2.47. The summed E-state index contributed by atoms with van der Waals surface area (Å²) < 4.78 is 6.40. The van der Waals surface area contributed by atoms with Crippen LogP contribution < -0.4 is 10.6 Å². The highest BCUT2D eigenvalue weighted by Crippen LogP contribution is 2.10. The van der Waals surface area contributed by atoms with Crippen LogP contribution in [0.5, 0.6) is 0 Å². The van der Waals surface area contributed by atoms with Crippen LogP contribution in [0.4, 0.5) is 0 Å². The third kappa shape index (κ3) is 4.57. The topological polar surface area (TPSA) is 50.4 Å². The Morgan fingerprint density at radius 1 is 1.44 bits per heavy atom. The first-order chi connectivity index (χ1) is 8.25. The summed E-state index contributed by atoms with van der Waals surface area (Å²) in [6, 6.07) is 7.87. The van der Waals surface area contributed by atoms with Gasteiger partial charge in [0, 0.05) is 24.1 Å². The number of hydrogen-bond donors (Lipinski definition) is 2. The minimum absolute atomic E-state index is 0. The summed E-state index contributed by atoms with van der Waals surface area (Å²) in [5.74, 6) is -0.0554. The Morgan fingerprint density at radius 2 is 2.17 bits per heavy atom. The molecule has 1 atom stereocenters. The van der Waals surface area contributed by atoms with Gasteiger partial charge in [-0.25, -0.2) is 0 Å². The average Bonchev–Trinajstić information content (AvgIpc) is 2.39. The second kappa shape index (κ2) is 7.74. The molecule has 0 radical (unpaired) electrons. The van der Waals surface area contributed by atoms with Crippen molar-refractivity contribution in [2.45, 2.75) is 12.6 Å². The number of benzene rings is 1. The molecule has 0 aromatic heterocycles. The lowest BCUT2D eigenvalue weighted by atomic mass is 10.2. The van der Waals surface area contributed by atoms with E-state index in [4.69, 9.17) is 4.74 Å². The summed E-state index contributed by atoms with van der Waals surface area (Å²) in [5.41, 5.74) is 1.07. The Balaban J connectivity index is 0.00000162. The summed E-state index contributed by atoms with van der Waals surface area (Å²) in [6.45, 7) is 2.53. The first-order valence-corrected chi connectivity index (χ1v) is 6.39. The molecule has 1 fully saturated rings. The minimum atomic E-state index is -0.362. The van der Waals surface area contributed by atoms with Crippen molar-refractivity contribution in [2.75, 3.05) is 19.7 Å². The Morgan fingerprint density at radius 3 is 2.78 bits per heavy atom. The third-order valence-electron chi connectivity index (χ3n) is 2.60. The van der Waals surface area contributed by atoms with Gasteiger partial charge in [-0.1, -0.05) is 28.1 Å². The number of ether oxygens (including phenoxy) is 1. The first-order valence-electron chi connectivity index (χ1n) is 5.60. The molecular weight excluding hydrogens is 320 g/mol. The Hall–Kier alpha value is -0.620. The van der Waals surface area contributed by atoms with Gasteiger partial charge < -0.3 is 15.4 Å². The third-order valence-corrected chi connectivity index (χ3v) is 3.13. The van der Waals surface area contributed by atoms with Crippen molar-refractivity contribution >= 4 is 34.2 Å². The standard InChI is InChI=1S/C12H15BrN2O2.ClH/c13-10-3-1-9(2-4-10)7-15-12(16)11-8-14-5-6-17-11;/h1-4,11,14H,5-8H2,(H,15,16);1H. The fourth-order valence-electron chi connectivity index (χ4n) is 1.64. The van der Waals surface area contributed by atoms with Crippen molar-refractivity contribution in [3.8, 4) is 0 Å². The van der Waals surface area contributed by atoms with Crippen molar-refractivity contribution in [3.63, 3.8) is 0 Å². The summed E-state index contributed by atoms with van der Waals surface area (Å²) in [5, 5.41) is 6.00. The number of morpholine rings is 1. The molecule has 2 rings (SSSR count). The van der Waals surface area contributed by atoms with Crippen molar-refractivity contribution in [2.24, 2.45) is 0 Å². The zero-order chi connectivity index (χ0) is 12.1. The fourth-order valence-corrected chi connectivity index (χ4v) is 1.90. The number of nitrogens with one attached hydrogen (secondary N) is 2. The fraction of sp³-hybridized carbons (Fsp3) is 0.417. The molecule has 0 aliphatic carbocycles. The van der Waals surface area contributed by atoms with E-state index in [1.54, 1.807) is 0 Å². The number of carbonyl (C=O) groups excluding carboxylic acids is 1. The summed E-state index contributed by atoms with van der Waals surface area (Å²) in [6.07, 6.45) is -0.362. The SMILES string of the molecule is Cl.O=C(NCc1ccc(Br)cc1)C1CNCCO1. The van der Waals surface area contributed by atoms with Gasteiger partial charge in [-0.3, -0.25) is 4.79 Å². The molecule has 1 unspecified atom stereocenters. The van der Waals surface area contributed by atoms with E-state index in [0.29, 0.717) is 19.7 Å². The highest BCUT2D eigenvalue weighted by atomic mass is 79.9. The normalized spacial score (nSPS) is 18.8. The van der Waals surface area contributed by atoms with Crippen LogP contribution in [-0.4, -0.2) is 31.7 Å². The average molecular weight is 336 g/mol. The number of hydrogen-bond acceptors (Lipinski definition) is 3. The zero-order valence-electron chi connectivity index (χ0n) is 9.82. The van der Waals surface area contributed by atoms with Gasteiger partial charge in [0.1, 0.15) is 6.10 Å². The van der Waals surface area contributed by atoms with Gasteiger partial charge >= 0.3 is 0 Å². The quantitative estimate of drug-likeness (QED) is 0.879. The number of halogens is 2. The van der Waals surface area contributed by atoms with Gasteiger partial charge in [-0.2, -0.15) is 0 Å². The van der Waals surface area contributed by atoms with E-state index < -0.39 is 0 Å². The first kappa shape index (κ1) is 15.4. The molecule has 6 heteroatoms. The van der Waals surface area contributed by atoms with Crippen LogP contribution in [0, 0.1) is 0 Å². The molecule has 1 aromatic carbocycles. The molecule has 1 aromatic rings. The number of carbonyl (C=O) groups is 1. The van der Waals surface area contributed by atoms with Crippen molar-refractivity contribution < 1.29 is 9.53 Å². The van der Waals surface area contributed by atoms with Crippen LogP contribution in [0.15, 0.2) is 28.7 Å². The highest BCUT2D eigenvalue weighted by molar-refractivity contribution is 9.10. The lowest BCUT2D eigenvalue weighted by Gasteiger charge is -2.22. The molecule has 1 aliphatic rings. The molecule has 0 bridgehead atoms. The Bertz CT molecular complexity index is 380. The molecule has 4 nitrogen and oxygen atoms in total. The van der Waals surface area contributed by atoms with E-state index >= 15 is 0 Å². The summed E-state index contributed by atoms with van der Waals surface area (Å²) >= 11 is 3.37. The molecule has 1 amide bonds. The van der Waals surface area contributed by atoms with Crippen molar-refractivity contribution in [3.05, 3.63) is 34.3 Å². The van der Waals surface area contributed by atoms with Crippen molar-refractivity contribution in [1.29, 1.82) is 0 Å². The van der Waals surface area contributed by atoms with Crippen LogP contribution in [0.1, 0.15) is 5.56 Å². The van der Waals surface area contributed by atoms with Crippen LogP contribution in [-0.2, 0) is 16.1 Å². The van der Waals surface area contributed by atoms with E-state index in [2.05, 4.69) is 26.6 Å². The molecule has 100 valence electrons. The second-order valence-corrected chi connectivity index (χ2v) is 4.82. The molecule has 18 heavy (non-hydrogen) atoms. The van der Waals surface area contributed by atoms with Gasteiger partial charge in [-0.05, 0) is 17.7 Å². The van der Waals surface area contributed by atoms with E-state index in [-0.39, 0.29) is 24.4 Å². The van der Waals surface area contributed by atoms with Gasteiger partial charge in [0.15, 0.2) is 0 Å². The van der Waals surface area contributed by atoms with E-state index in [1.165, 1.54) is 0 Å². The van der Waals surface area contributed by atoms with Crippen LogP contribution in [0.3, 0.4) is 0 Å². The maximum absolute atomic E-state index is 11.8. The maximum Gasteiger partial charge on any atom is 0.250 e. The van der Waals surface area contributed by atoms with Gasteiger partial charge in [-0.15, -0.1) is 12.4 Å². The second-order valence-electron chi connectivity index (χ2n) is 3.91. The summed E-state index contributed by atoms with van der Waals surface area (Å²) in [7, 11) is 0. The summed E-state index contributed by atoms with van der Waals surface area (Å²) in [4.78, 5) is 11.8. The molecule has 0 saturated carbocycles. The lowest BCUT2D eigenvalue weighted by molar-refractivity contribution is -0.134. The zero-order valence-corrected chi connectivity index (χ0v) is 12.2. The monoisotopic (exact) mass is 334 g/mol. The molecule has 1 saturated heterocycles. The number of amides is 1. The van der Waals surface area contributed by atoms with Crippen LogP contribution in [0.2, 0.25) is 0 Å². The molecule has 0 spiro atoms. The minimum Gasteiger partial charge on any atom is -0.366 e. The van der Waals surface area contributed by atoms with Gasteiger partial charge in [0.2, 0.25) is 0 Å². The largest absolute Gasteiger partial charge is 0.366 e. The predicted molar refractivity (Wildman–Crippen MR) is 75.8 cm³/mol. The van der Waals surface area contributed by atoms with Crippen LogP contribution >= 0.6 is 28.3 Å². The van der Waals surface area contributed by atoms with E-state index in [1.807, 2.05) is 24.3 Å². The van der Waals surface area contributed by atoms with Gasteiger partial charge in [0.05, 0.1) is 6.61 Å². The molecule has 1 aliphatic heterocycles. The Kier molecular flexibility index (Phi) is 6.63.